The lowest BCUT2D eigenvalue weighted by Gasteiger charge is -2.17. The number of hydrogen-bond acceptors (Lipinski definition) is 4. The number of benzene rings is 2. The Balaban J connectivity index is 1.82. The number of nitro benzene ring substituents is 1. The lowest BCUT2D eigenvalue weighted by molar-refractivity contribution is -0.384. The predicted octanol–water partition coefficient (Wildman–Crippen LogP) is 3.72. The zero-order chi connectivity index (χ0) is 17.1. The van der Waals surface area contributed by atoms with Crippen LogP contribution in [0, 0.1) is 10.1 Å². The summed E-state index contributed by atoms with van der Waals surface area (Å²) in [4.78, 5) is 22.5. The quantitative estimate of drug-likeness (QED) is 0.680. The highest BCUT2D eigenvalue weighted by atomic mass is 35.5. The number of aryl methyl sites for hydroxylation is 1. The van der Waals surface area contributed by atoms with Gasteiger partial charge >= 0.3 is 0 Å². The summed E-state index contributed by atoms with van der Waals surface area (Å²) in [6.07, 6.45) is 2.74. The van der Waals surface area contributed by atoms with Crippen LogP contribution in [-0.4, -0.2) is 16.5 Å². The van der Waals surface area contributed by atoms with Crippen LogP contribution in [0.2, 0.25) is 5.02 Å². The summed E-state index contributed by atoms with van der Waals surface area (Å²) in [6.45, 7) is 0. The van der Waals surface area contributed by atoms with Gasteiger partial charge in [0.1, 0.15) is 5.02 Å². The van der Waals surface area contributed by atoms with Gasteiger partial charge in [-0.2, -0.15) is 5.10 Å². The number of amides is 1. The van der Waals surface area contributed by atoms with Crippen molar-refractivity contribution in [1.82, 2.24) is 5.43 Å². The topological polar surface area (TPSA) is 84.6 Å². The van der Waals surface area contributed by atoms with Gasteiger partial charge in [-0.1, -0.05) is 35.9 Å². The Bertz CT molecular complexity index is 849. The average Bonchev–Trinajstić information content (AvgIpc) is 2.59. The number of halogens is 1. The molecular weight excluding hydrogens is 330 g/mol. The largest absolute Gasteiger partial charge is 0.288 e. The smallest absolute Gasteiger partial charge is 0.267 e. The standard InChI is InChI=1S/C17H14ClN3O3/c18-14-9-8-12(10-16(14)21(23)24)17(22)20-19-15-7-3-5-11-4-1-2-6-13(11)15/h1-2,4,6,8-10H,3,5,7H2,(H,20,22)/b19-15+. The first-order valence-corrected chi connectivity index (χ1v) is 7.83. The minimum atomic E-state index is -0.623. The number of fused-ring (bicyclic) bond motifs is 1. The third kappa shape index (κ3) is 3.28. The van der Waals surface area contributed by atoms with Gasteiger partial charge in [-0.15, -0.1) is 0 Å². The normalized spacial score (nSPS) is 15.0. The fraction of sp³-hybridized carbons (Fsp3) is 0.176. The van der Waals surface area contributed by atoms with Gasteiger partial charge in [0.25, 0.3) is 11.6 Å². The molecule has 0 heterocycles. The van der Waals surface area contributed by atoms with Crippen LogP contribution in [0.15, 0.2) is 47.6 Å². The van der Waals surface area contributed by atoms with Crippen molar-refractivity contribution in [2.75, 3.05) is 0 Å². The highest BCUT2D eigenvalue weighted by Crippen LogP contribution is 2.25. The molecule has 1 aliphatic carbocycles. The Labute approximate surface area is 143 Å². The number of hydrogen-bond donors (Lipinski definition) is 1. The van der Waals surface area contributed by atoms with Crippen LogP contribution in [-0.2, 0) is 6.42 Å². The van der Waals surface area contributed by atoms with Gasteiger partial charge in [-0.3, -0.25) is 14.9 Å². The Hall–Kier alpha value is -2.73. The van der Waals surface area contributed by atoms with Gasteiger partial charge in [-0.25, -0.2) is 5.43 Å². The van der Waals surface area contributed by atoms with Crippen molar-refractivity contribution < 1.29 is 9.72 Å². The maximum absolute atomic E-state index is 12.2. The van der Waals surface area contributed by atoms with E-state index >= 15 is 0 Å². The number of carbonyl (C=O) groups excluding carboxylic acids is 1. The van der Waals surface area contributed by atoms with E-state index in [0.717, 1.165) is 36.6 Å². The molecule has 1 N–H and O–H groups in total. The number of nitrogens with zero attached hydrogens (tertiary/aromatic N) is 2. The molecule has 0 radical (unpaired) electrons. The SMILES string of the molecule is O=C(N/N=C1\CCCc2ccccc21)c1ccc(Cl)c([N+](=O)[O-])c1. The van der Waals surface area contributed by atoms with Crippen molar-refractivity contribution >= 4 is 28.9 Å². The van der Waals surface area contributed by atoms with E-state index in [2.05, 4.69) is 10.5 Å². The van der Waals surface area contributed by atoms with Gasteiger partial charge in [0.2, 0.25) is 0 Å². The second-order valence-electron chi connectivity index (χ2n) is 5.43. The van der Waals surface area contributed by atoms with Crippen molar-refractivity contribution in [2.45, 2.75) is 19.3 Å². The molecule has 1 amide bonds. The molecule has 122 valence electrons. The number of nitrogens with one attached hydrogen (secondary N) is 1. The average molecular weight is 344 g/mol. The Morgan fingerprint density at radius 1 is 1.21 bits per heavy atom. The number of nitro groups is 1. The predicted molar refractivity (Wildman–Crippen MR) is 91.5 cm³/mol. The molecule has 0 fully saturated rings. The lowest BCUT2D eigenvalue weighted by atomic mass is 9.90. The molecule has 2 aromatic rings. The molecule has 6 nitrogen and oxygen atoms in total. The molecule has 3 rings (SSSR count). The molecule has 0 unspecified atom stereocenters. The first kappa shape index (κ1) is 16.1. The summed E-state index contributed by atoms with van der Waals surface area (Å²) >= 11 is 5.75. The third-order valence-corrected chi connectivity index (χ3v) is 4.20. The molecule has 0 saturated heterocycles. The van der Waals surface area contributed by atoms with Crippen molar-refractivity contribution in [1.29, 1.82) is 0 Å². The van der Waals surface area contributed by atoms with E-state index in [-0.39, 0.29) is 16.3 Å². The monoisotopic (exact) mass is 343 g/mol. The molecule has 0 saturated carbocycles. The first-order valence-electron chi connectivity index (χ1n) is 7.45. The first-order chi connectivity index (χ1) is 11.6. The van der Waals surface area contributed by atoms with Gasteiger partial charge in [-0.05, 0) is 37.0 Å². The van der Waals surface area contributed by atoms with Gasteiger partial charge in [0.05, 0.1) is 10.6 Å². The third-order valence-electron chi connectivity index (χ3n) is 3.89. The summed E-state index contributed by atoms with van der Waals surface area (Å²) in [5.41, 5.74) is 5.37. The van der Waals surface area contributed by atoms with Crippen molar-refractivity contribution in [3.63, 3.8) is 0 Å². The fourth-order valence-corrected chi connectivity index (χ4v) is 2.88. The maximum atomic E-state index is 12.2. The summed E-state index contributed by atoms with van der Waals surface area (Å²) in [5.74, 6) is -0.509. The fourth-order valence-electron chi connectivity index (χ4n) is 2.69. The number of hydrazone groups is 1. The molecule has 2 aromatic carbocycles. The van der Waals surface area contributed by atoms with E-state index in [9.17, 15) is 14.9 Å². The van der Waals surface area contributed by atoms with E-state index < -0.39 is 10.8 Å². The van der Waals surface area contributed by atoms with Crippen LogP contribution in [0.25, 0.3) is 0 Å². The molecule has 0 spiro atoms. The zero-order valence-corrected chi connectivity index (χ0v) is 13.4. The second kappa shape index (κ2) is 6.80. The van der Waals surface area contributed by atoms with Crippen molar-refractivity contribution in [3.05, 3.63) is 74.3 Å². The van der Waals surface area contributed by atoms with Crippen LogP contribution in [0.3, 0.4) is 0 Å². The Kier molecular flexibility index (Phi) is 4.57. The van der Waals surface area contributed by atoms with Crippen LogP contribution in [0.1, 0.15) is 34.3 Å². The minimum Gasteiger partial charge on any atom is -0.267 e. The summed E-state index contributed by atoms with van der Waals surface area (Å²) < 4.78 is 0. The van der Waals surface area contributed by atoms with Crippen molar-refractivity contribution in [3.8, 4) is 0 Å². The molecule has 0 aliphatic heterocycles. The number of carbonyl (C=O) groups is 1. The zero-order valence-electron chi connectivity index (χ0n) is 12.7. The van der Waals surface area contributed by atoms with Crippen molar-refractivity contribution in [2.24, 2.45) is 5.10 Å². The Morgan fingerprint density at radius 3 is 2.79 bits per heavy atom. The van der Waals surface area contributed by atoms with E-state index in [1.165, 1.54) is 17.7 Å². The van der Waals surface area contributed by atoms with Crippen LogP contribution >= 0.6 is 11.6 Å². The molecule has 0 aromatic heterocycles. The van der Waals surface area contributed by atoms with Crippen LogP contribution in [0.4, 0.5) is 5.69 Å². The van der Waals surface area contributed by atoms with Crippen LogP contribution < -0.4 is 5.43 Å². The van der Waals surface area contributed by atoms with Crippen LogP contribution in [0.5, 0.6) is 0 Å². The van der Waals surface area contributed by atoms with Gasteiger partial charge < -0.3 is 0 Å². The second-order valence-corrected chi connectivity index (χ2v) is 5.84. The minimum absolute atomic E-state index is 0.0101. The molecule has 0 atom stereocenters. The summed E-state index contributed by atoms with van der Waals surface area (Å²) in [5, 5.41) is 15.1. The molecule has 24 heavy (non-hydrogen) atoms. The summed E-state index contributed by atoms with van der Waals surface area (Å²) in [6, 6.07) is 11.8. The molecule has 1 aliphatic rings. The molecular formula is C17H14ClN3O3. The van der Waals surface area contributed by atoms with E-state index in [1.54, 1.807) is 0 Å². The van der Waals surface area contributed by atoms with E-state index in [4.69, 9.17) is 11.6 Å². The van der Waals surface area contributed by atoms with Gasteiger partial charge in [0.15, 0.2) is 0 Å². The van der Waals surface area contributed by atoms with E-state index in [0.29, 0.717) is 0 Å². The lowest BCUT2D eigenvalue weighted by Crippen LogP contribution is -2.22. The molecule has 0 bridgehead atoms. The molecule has 7 heteroatoms. The van der Waals surface area contributed by atoms with Gasteiger partial charge in [0, 0.05) is 17.2 Å². The maximum Gasteiger partial charge on any atom is 0.288 e. The Morgan fingerprint density at radius 2 is 2.00 bits per heavy atom. The summed E-state index contributed by atoms with van der Waals surface area (Å²) in [7, 11) is 0. The number of rotatable bonds is 3. The highest BCUT2D eigenvalue weighted by molar-refractivity contribution is 6.32. The van der Waals surface area contributed by atoms with E-state index in [1.807, 2.05) is 24.3 Å². The highest BCUT2D eigenvalue weighted by Gasteiger charge is 2.18.